The standard InChI is InChI=1S/C62H86N16O10S2/c1-37(73(15)57(85)87-61(9,10)11)49(79)65-47(59(3,4)5)53(83)75-33-41(31-43(75)35-77-55(67-69-71-77)89-45-26-19-17-20-27-45)63-51(81)39-24-23-25-40(30-39)52(82)64-42-32-44(36-78-56(68-70-72-78)90-46-28-21-18-22-29-46)76(34-42)54(84)48(60(6,7)8)66-50(80)38(2)74(16)58(86)88-62(12,13)14/h17-30,37-38,41-44,47-48H,31-36H2,1-16H3,(H,63,81)(H,64,82)(H,65,79)(H,66,80)/t37-,38-,41-,42-,43-,44-,47+,48+/m0/s1. The maximum Gasteiger partial charge on any atom is 0.410 e. The number of hydrogen-bond donors (Lipinski definition) is 4. The lowest BCUT2D eigenvalue weighted by Gasteiger charge is -2.37. The fourth-order valence-corrected chi connectivity index (χ4v) is 11.7. The number of tetrazole rings is 2. The molecule has 0 aliphatic carbocycles. The van der Waals surface area contributed by atoms with Gasteiger partial charge < -0.3 is 40.5 Å². The van der Waals surface area contributed by atoms with Crippen molar-refractivity contribution < 1.29 is 47.8 Å². The predicted octanol–water partition coefficient (Wildman–Crippen LogP) is 6.33. The van der Waals surface area contributed by atoms with Gasteiger partial charge in [0.25, 0.3) is 11.8 Å². The summed E-state index contributed by atoms with van der Waals surface area (Å²) in [6.45, 7) is 24.7. The van der Waals surface area contributed by atoms with E-state index in [2.05, 4.69) is 52.3 Å². The first-order valence-corrected chi connectivity index (χ1v) is 31.5. The summed E-state index contributed by atoms with van der Waals surface area (Å²) < 4.78 is 14.2. The second kappa shape index (κ2) is 28.8. The Labute approximate surface area is 534 Å². The SMILES string of the molecule is C[C@@H](C(=O)N[C@H](C(=O)N1C[C@@H](NC(=O)c2cccc(C(=O)N[C@H]3C[C@@H](Cn4nnnc4Sc4ccccc4)N(C(=O)[C@@H](NC(=O)[C@H](C)N(C)C(=O)OC(C)(C)C)C(C)(C)C)C3)c2)C[C@H]1Cn1nnnc1Sc1ccccc1)C(C)(C)C)N(C)C(=O)OC(C)(C)C. The number of ether oxygens (including phenoxy) is 2. The van der Waals surface area contributed by atoms with Crippen LogP contribution in [0.15, 0.2) is 105 Å². The molecule has 2 saturated heterocycles. The van der Waals surface area contributed by atoms with Gasteiger partial charge in [-0.25, -0.2) is 19.0 Å². The number of rotatable bonds is 20. The van der Waals surface area contributed by atoms with Gasteiger partial charge in [0.1, 0.15) is 35.4 Å². The van der Waals surface area contributed by atoms with Gasteiger partial charge in [0.05, 0.1) is 25.2 Å². The lowest BCUT2D eigenvalue weighted by molar-refractivity contribution is -0.141. The maximum absolute atomic E-state index is 15.1. The van der Waals surface area contributed by atoms with Crippen LogP contribution in [0.4, 0.5) is 9.59 Å². The molecule has 8 amide bonds. The fourth-order valence-electron chi connectivity index (χ4n) is 10.1. The summed E-state index contributed by atoms with van der Waals surface area (Å²) in [6, 6.07) is 18.6. The molecule has 5 aromatic rings. The number of carbonyl (C=O) groups excluding carboxylic acids is 8. The first-order valence-electron chi connectivity index (χ1n) is 29.9. The Morgan fingerprint density at radius 2 is 0.900 bits per heavy atom. The van der Waals surface area contributed by atoms with Gasteiger partial charge >= 0.3 is 12.2 Å². The number of likely N-dealkylation sites (N-methyl/N-ethyl adjacent to an activating group) is 2. The number of benzene rings is 3. The number of nitrogens with zero attached hydrogens (tertiary/aromatic N) is 12. The van der Waals surface area contributed by atoms with E-state index in [0.717, 1.165) is 9.79 Å². The van der Waals surface area contributed by atoms with Crippen LogP contribution in [0.25, 0.3) is 0 Å². The zero-order chi connectivity index (χ0) is 66.2. The molecule has 0 saturated carbocycles. The van der Waals surface area contributed by atoms with E-state index >= 15 is 9.59 Å². The third-order valence-electron chi connectivity index (χ3n) is 15.2. The number of hydrogen-bond acceptors (Lipinski definition) is 18. The Kier molecular flexibility index (Phi) is 22.2. The lowest BCUT2D eigenvalue weighted by atomic mass is 9.85. The third kappa shape index (κ3) is 18.5. The molecule has 4 heterocycles. The number of carbonyl (C=O) groups is 8. The van der Waals surface area contributed by atoms with Crippen molar-refractivity contribution in [1.29, 1.82) is 0 Å². The monoisotopic (exact) mass is 1280 g/mol. The Hall–Kier alpha value is -8.14. The molecule has 3 aromatic carbocycles. The summed E-state index contributed by atoms with van der Waals surface area (Å²) in [5, 5.41) is 38.0. The molecule has 2 aliphatic heterocycles. The van der Waals surface area contributed by atoms with Gasteiger partial charge in [0, 0.05) is 60.2 Å². The minimum atomic E-state index is -1.09. The molecule has 7 rings (SSSR count). The topological polar surface area (TPSA) is 303 Å². The largest absolute Gasteiger partial charge is 0.444 e. The first-order chi connectivity index (χ1) is 42.1. The van der Waals surface area contributed by atoms with Crippen LogP contribution in [0.1, 0.15) is 130 Å². The summed E-state index contributed by atoms with van der Waals surface area (Å²) in [5.74, 6) is -3.05. The molecule has 8 atom stereocenters. The zero-order valence-corrected chi connectivity index (χ0v) is 55.8. The minimum Gasteiger partial charge on any atom is -0.444 e. The first kappa shape index (κ1) is 69.3. The molecule has 90 heavy (non-hydrogen) atoms. The van der Waals surface area contributed by atoms with E-state index in [1.54, 1.807) is 92.8 Å². The predicted molar refractivity (Wildman–Crippen MR) is 336 cm³/mol. The van der Waals surface area contributed by atoms with E-state index < -0.39 is 118 Å². The van der Waals surface area contributed by atoms with E-state index in [-0.39, 0.29) is 50.1 Å². The highest BCUT2D eigenvalue weighted by Gasteiger charge is 2.46. The van der Waals surface area contributed by atoms with E-state index in [1.807, 2.05) is 102 Å². The van der Waals surface area contributed by atoms with Crippen molar-refractivity contribution in [2.45, 2.75) is 203 Å². The maximum atomic E-state index is 15.1. The van der Waals surface area contributed by atoms with Crippen LogP contribution in [0.2, 0.25) is 0 Å². The van der Waals surface area contributed by atoms with Gasteiger partial charge in [-0.15, -0.1) is 10.2 Å². The van der Waals surface area contributed by atoms with E-state index in [1.165, 1.54) is 53.5 Å². The normalized spacial score (nSPS) is 18.4. The van der Waals surface area contributed by atoms with Crippen molar-refractivity contribution in [3.05, 3.63) is 96.1 Å². The molecule has 4 N–H and O–H groups in total. The highest BCUT2D eigenvalue weighted by atomic mass is 32.2. The van der Waals surface area contributed by atoms with E-state index in [9.17, 15) is 28.8 Å². The van der Waals surface area contributed by atoms with Crippen LogP contribution in [-0.2, 0) is 41.7 Å². The smallest absolute Gasteiger partial charge is 0.410 e. The highest BCUT2D eigenvalue weighted by Crippen LogP contribution is 2.33. The Balaban J connectivity index is 1.10. The summed E-state index contributed by atoms with van der Waals surface area (Å²) >= 11 is 2.69. The minimum absolute atomic E-state index is 0.0333. The molecule has 2 aliphatic rings. The van der Waals surface area contributed by atoms with Crippen molar-refractivity contribution in [2.24, 2.45) is 10.8 Å². The van der Waals surface area contributed by atoms with Crippen LogP contribution in [-0.4, -0.2) is 194 Å². The molecule has 0 unspecified atom stereocenters. The molecule has 486 valence electrons. The Morgan fingerprint density at radius 1 is 0.544 bits per heavy atom. The molecule has 2 fully saturated rings. The van der Waals surface area contributed by atoms with Gasteiger partial charge in [-0.1, -0.05) is 84.0 Å². The molecule has 28 heteroatoms. The molecule has 26 nitrogen and oxygen atoms in total. The van der Waals surface area contributed by atoms with Gasteiger partial charge in [-0.3, -0.25) is 38.6 Å². The number of aromatic nitrogens is 8. The molecule has 2 aromatic heterocycles. The zero-order valence-electron chi connectivity index (χ0n) is 54.2. The molecule has 0 bridgehead atoms. The average molecular weight is 1280 g/mol. The van der Waals surface area contributed by atoms with Crippen LogP contribution in [0.3, 0.4) is 0 Å². The summed E-state index contributed by atoms with van der Waals surface area (Å²) in [4.78, 5) is 120. The van der Waals surface area contributed by atoms with Gasteiger partial charge in [-0.05, 0) is 166 Å². The fraction of sp³-hybridized carbons (Fsp3) is 0.548. The highest BCUT2D eigenvalue weighted by molar-refractivity contribution is 7.99. The van der Waals surface area contributed by atoms with Crippen LogP contribution < -0.4 is 21.3 Å². The third-order valence-corrected chi connectivity index (χ3v) is 17.2. The molecule has 0 radical (unpaired) electrons. The van der Waals surface area contributed by atoms with Crippen LogP contribution in [0.5, 0.6) is 0 Å². The summed E-state index contributed by atoms with van der Waals surface area (Å²) in [7, 11) is 2.91. The average Bonchev–Trinajstić information content (AvgIpc) is 1.64. The quantitative estimate of drug-likeness (QED) is 0.0661. The molecular formula is C62H86N16O10S2. The Bertz CT molecular complexity index is 3140. The van der Waals surface area contributed by atoms with E-state index in [4.69, 9.17) is 9.47 Å². The van der Waals surface area contributed by atoms with Crippen LogP contribution in [0, 0.1) is 10.8 Å². The van der Waals surface area contributed by atoms with Gasteiger partial charge in [-0.2, -0.15) is 0 Å². The van der Waals surface area contributed by atoms with Crippen molar-refractivity contribution in [3.63, 3.8) is 0 Å². The molecule has 0 spiro atoms. The second-order valence-corrected chi connectivity index (χ2v) is 29.0. The van der Waals surface area contributed by atoms with Crippen molar-refractivity contribution in [2.75, 3.05) is 27.2 Å². The Morgan fingerprint density at radius 3 is 1.23 bits per heavy atom. The lowest BCUT2D eigenvalue weighted by Crippen LogP contribution is -2.59. The summed E-state index contributed by atoms with van der Waals surface area (Å²) in [6.07, 6.45) is -0.901. The van der Waals surface area contributed by atoms with Crippen LogP contribution >= 0.6 is 23.5 Å². The van der Waals surface area contributed by atoms with Crippen molar-refractivity contribution >= 4 is 71.2 Å². The number of nitrogens with one attached hydrogen (secondary N) is 4. The molecular weight excluding hydrogens is 1190 g/mol. The van der Waals surface area contributed by atoms with E-state index in [0.29, 0.717) is 10.3 Å². The number of amides is 8. The van der Waals surface area contributed by atoms with Crippen molar-refractivity contribution in [1.82, 2.24) is 81.3 Å². The summed E-state index contributed by atoms with van der Waals surface area (Å²) in [5.41, 5.74) is -2.98. The van der Waals surface area contributed by atoms with Crippen molar-refractivity contribution in [3.8, 4) is 0 Å². The number of likely N-dealkylation sites (tertiary alicyclic amines) is 2. The van der Waals surface area contributed by atoms with Gasteiger partial charge in [0.15, 0.2) is 0 Å². The second-order valence-electron chi connectivity index (χ2n) is 26.9. The van der Waals surface area contributed by atoms with Gasteiger partial charge in [0.2, 0.25) is 33.9 Å².